The van der Waals surface area contributed by atoms with Crippen molar-refractivity contribution in [2.45, 2.75) is 0 Å². The van der Waals surface area contributed by atoms with Crippen LogP contribution in [0.1, 0.15) is 0 Å². The van der Waals surface area contributed by atoms with E-state index in [4.69, 9.17) is 11.6 Å². The average Bonchev–Trinajstić information content (AvgIpc) is 2.28. The Hall–Kier alpha value is -1.31. The van der Waals surface area contributed by atoms with Crippen LogP contribution < -0.4 is 10.4 Å². The van der Waals surface area contributed by atoms with Gasteiger partial charge in [-0.25, -0.2) is 13.5 Å². The summed E-state index contributed by atoms with van der Waals surface area (Å²) in [5.41, 5.74) is 1.10. The molecule has 0 radical (unpaired) electrons. The summed E-state index contributed by atoms with van der Waals surface area (Å²) in [5, 5.41) is 3.64. The average molecular weight is 279 g/mol. The zero-order valence-corrected chi connectivity index (χ0v) is 10.6. The van der Waals surface area contributed by atoms with Crippen molar-refractivity contribution < 1.29 is 17.5 Å². The highest BCUT2D eigenvalue weighted by Crippen LogP contribution is 2.17. The third-order valence-corrected chi connectivity index (χ3v) is 2.45. The summed E-state index contributed by atoms with van der Waals surface area (Å²) >= 11 is 5.33. The molecule has 1 rings (SSSR count). The number of alkyl halides is 1. The number of hydroxylamine groups is 1. The van der Waals surface area contributed by atoms with E-state index in [2.05, 4.69) is 9.60 Å². The van der Waals surface area contributed by atoms with Gasteiger partial charge in [0.15, 0.2) is 0 Å². The number of nitrogens with zero attached hydrogens (tertiary/aromatic N) is 1. The second-order valence-corrected chi connectivity index (χ2v) is 3.91. The third kappa shape index (κ3) is 4.59. The van der Waals surface area contributed by atoms with E-state index in [0.717, 1.165) is 5.06 Å². The minimum absolute atomic E-state index is 0.124. The van der Waals surface area contributed by atoms with Crippen LogP contribution in [0.4, 0.5) is 11.4 Å². The quantitative estimate of drug-likeness (QED) is 0.472. The van der Waals surface area contributed by atoms with Crippen molar-refractivity contribution >= 4 is 39.9 Å². The Morgan fingerprint density at radius 1 is 1.41 bits per heavy atom. The normalized spacial score (nSPS) is 10.3. The number of benzene rings is 1. The highest BCUT2D eigenvalue weighted by atomic mass is 35.5. The Morgan fingerprint density at radius 3 is 2.47 bits per heavy atom. The molecule has 1 N–H and O–H groups in total. The first-order valence-electron chi connectivity index (χ1n) is 4.55. The van der Waals surface area contributed by atoms with Gasteiger partial charge in [0.2, 0.25) is 5.91 Å². The molecule has 17 heavy (non-hydrogen) atoms. The van der Waals surface area contributed by atoms with Gasteiger partial charge in [0.05, 0.1) is 5.69 Å². The fourth-order valence-electron chi connectivity index (χ4n) is 1.10. The van der Waals surface area contributed by atoms with Gasteiger partial charge in [0.1, 0.15) is 5.88 Å². The number of rotatable bonds is 5. The number of thiol groups is 1. The number of hydrogen-bond donors (Lipinski definition) is 2. The summed E-state index contributed by atoms with van der Waals surface area (Å²) in [5.74, 6) is -0.437. The summed E-state index contributed by atoms with van der Waals surface area (Å²) in [7, 11) is -1.49. The molecule has 0 heterocycles. The molecule has 0 aliphatic heterocycles. The van der Waals surface area contributed by atoms with Gasteiger partial charge in [0.25, 0.3) is 11.0 Å². The molecule has 0 bridgehead atoms. The number of halogens is 1. The van der Waals surface area contributed by atoms with E-state index in [-0.39, 0.29) is 11.8 Å². The highest BCUT2D eigenvalue weighted by molar-refractivity contribution is 7.67. The molecule has 94 valence electrons. The van der Waals surface area contributed by atoms with Gasteiger partial charge in [-0.15, -0.1) is 11.6 Å². The van der Waals surface area contributed by atoms with Crippen molar-refractivity contribution in [1.82, 2.24) is 0 Å². The summed E-state index contributed by atoms with van der Waals surface area (Å²) in [6.07, 6.45) is 0. The van der Waals surface area contributed by atoms with E-state index >= 15 is 0 Å². The van der Waals surface area contributed by atoms with E-state index < -0.39 is 11.0 Å². The van der Waals surface area contributed by atoms with Gasteiger partial charge < -0.3 is 5.32 Å². The Balaban J connectivity index is 2.70. The van der Waals surface area contributed by atoms with Crippen LogP contribution in [0.5, 0.6) is 0 Å². The largest absolute Gasteiger partial charge is 0.325 e. The molecule has 8 heteroatoms. The molecule has 0 aliphatic carbocycles. The minimum atomic E-state index is -2.95. The van der Waals surface area contributed by atoms with Gasteiger partial charge in [-0.2, -0.15) is 4.28 Å². The summed E-state index contributed by atoms with van der Waals surface area (Å²) in [4.78, 5) is 11.0. The number of amides is 1. The Bertz CT molecular complexity index is 453. The Kier molecular flexibility index (Phi) is 5.20. The molecule has 0 saturated heterocycles. The van der Waals surface area contributed by atoms with Crippen LogP contribution in [0.15, 0.2) is 24.3 Å². The lowest BCUT2D eigenvalue weighted by Crippen LogP contribution is -2.17. The Labute approximate surface area is 105 Å². The lowest BCUT2D eigenvalue weighted by Gasteiger charge is -2.14. The lowest BCUT2D eigenvalue weighted by molar-refractivity contribution is -0.113. The van der Waals surface area contributed by atoms with E-state index in [1.54, 1.807) is 24.3 Å². The van der Waals surface area contributed by atoms with Gasteiger partial charge >= 0.3 is 0 Å². The smallest absolute Gasteiger partial charge is 0.277 e. The van der Waals surface area contributed by atoms with Crippen LogP contribution in [0.3, 0.4) is 0 Å². The van der Waals surface area contributed by atoms with Gasteiger partial charge in [-0.05, 0) is 24.3 Å². The zero-order valence-electron chi connectivity index (χ0n) is 8.92. The molecular weight excluding hydrogens is 268 g/mol. The van der Waals surface area contributed by atoms with Crippen molar-refractivity contribution in [1.29, 1.82) is 0 Å². The zero-order chi connectivity index (χ0) is 12.8. The maximum Gasteiger partial charge on any atom is 0.277 e. The maximum absolute atomic E-state index is 11.0. The number of carbonyl (C=O) groups is 1. The molecule has 0 saturated carbocycles. The molecule has 0 spiro atoms. The molecule has 6 nitrogen and oxygen atoms in total. The monoisotopic (exact) mass is 278 g/mol. The number of nitrogens with one attached hydrogen (secondary N) is 1. The molecular formula is C9H11ClN2O4S. The van der Waals surface area contributed by atoms with E-state index in [9.17, 15) is 13.2 Å². The third-order valence-electron chi connectivity index (χ3n) is 1.83. The van der Waals surface area contributed by atoms with Crippen molar-refractivity contribution in [3.63, 3.8) is 0 Å². The second-order valence-electron chi connectivity index (χ2n) is 3.03. The standard InChI is InChI=1S/C9H11ClN2O4S/c1-12(16-17(14)15)8-4-2-7(3-5-8)11-9(13)6-10/h2-5,17H,6H2,1H3,(H,11,13). The first-order valence-corrected chi connectivity index (χ1v) is 6.18. The first kappa shape index (κ1) is 13.8. The fraction of sp³-hybridized carbons (Fsp3) is 0.222. The van der Waals surface area contributed by atoms with Gasteiger partial charge in [-0.1, -0.05) is 0 Å². The van der Waals surface area contributed by atoms with Crippen molar-refractivity contribution in [2.75, 3.05) is 23.3 Å². The minimum Gasteiger partial charge on any atom is -0.325 e. The van der Waals surface area contributed by atoms with Crippen LogP contribution in [0, 0.1) is 0 Å². The van der Waals surface area contributed by atoms with Gasteiger partial charge in [-0.3, -0.25) is 4.79 Å². The van der Waals surface area contributed by atoms with Crippen LogP contribution in [0.2, 0.25) is 0 Å². The number of carbonyl (C=O) groups excluding carboxylic acids is 1. The van der Waals surface area contributed by atoms with E-state index in [0.29, 0.717) is 11.4 Å². The molecule has 1 amide bonds. The maximum atomic E-state index is 11.0. The van der Waals surface area contributed by atoms with Gasteiger partial charge in [0, 0.05) is 12.7 Å². The predicted molar refractivity (Wildman–Crippen MR) is 65.6 cm³/mol. The summed E-state index contributed by atoms with van der Waals surface area (Å²) < 4.78 is 25.1. The summed E-state index contributed by atoms with van der Waals surface area (Å²) in [6, 6.07) is 6.42. The van der Waals surface area contributed by atoms with E-state index in [1.807, 2.05) is 0 Å². The molecule has 0 aliphatic rings. The van der Waals surface area contributed by atoms with Crippen molar-refractivity contribution in [3.05, 3.63) is 24.3 Å². The second kappa shape index (κ2) is 6.43. The molecule has 0 unspecified atom stereocenters. The fourth-order valence-corrected chi connectivity index (χ4v) is 1.46. The molecule has 1 aromatic carbocycles. The molecule has 1 aromatic rings. The number of hydrogen-bond acceptors (Lipinski definition) is 5. The Morgan fingerprint density at radius 2 is 2.00 bits per heavy atom. The topological polar surface area (TPSA) is 75.7 Å². The van der Waals surface area contributed by atoms with E-state index in [1.165, 1.54) is 7.05 Å². The van der Waals surface area contributed by atoms with Crippen molar-refractivity contribution in [2.24, 2.45) is 0 Å². The van der Waals surface area contributed by atoms with Crippen LogP contribution >= 0.6 is 11.6 Å². The lowest BCUT2D eigenvalue weighted by atomic mass is 10.3. The molecule has 0 fully saturated rings. The summed E-state index contributed by atoms with van der Waals surface area (Å²) in [6.45, 7) is 0. The van der Waals surface area contributed by atoms with Crippen LogP contribution in [0.25, 0.3) is 0 Å². The van der Waals surface area contributed by atoms with Crippen molar-refractivity contribution in [3.8, 4) is 0 Å². The molecule has 0 aromatic heterocycles. The van der Waals surface area contributed by atoms with Crippen LogP contribution in [-0.4, -0.2) is 27.3 Å². The predicted octanol–water partition coefficient (Wildman–Crippen LogP) is 0.758. The molecule has 0 atom stereocenters. The first-order chi connectivity index (χ1) is 8.02. The van der Waals surface area contributed by atoms with Crippen LogP contribution in [-0.2, 0) is 20.1 Å². The highest BCUT2D eigenvalue weighted by Gasteiger charge is 2.04. The number of anilines is 2. The SMILES string of the molecule is CN(O[SH](=O)=O)c1ccc(NC(=O)CCl)cc1.